The number of ether oxygens (including phenoxy) is 2. The molecule has 0 radical (unpaired) electrons. The quantitative estimate of drug-likeness (QED) is 0.452. The number of methoxy groups -OCH3 is 1. The van der Waals surface area contributed by atoms with Crippen LogP contribution in [0.3, 0.4) is 0 Å². The van der Waals surface area contributed by atoms with Gasteiger partial charge in [-0.3, -0.25) is 4.79 Å². The van der Waals surface area contributed by atoms with Crippen molar-refractivity contribution < 1.29 is 22.7 Å². The van der Waals surface area contributed by atoms with Gasteiger partial charge in [0.25, 0.3) is 5.91 Å². The van der Waals surface area contributed by atoms with Crippen LogP contribution in [0.5, 0.6) is 11.5 Å². The van der Waals surface area contributed by atoms with E-state index >= 15 is 0 Å². The summed E-state index contributed by atoms with van der Waals surface area (Å²) in [5, 5.41) is 2.47. The average molecular weight is 461 g/mol. The first-order chi connectivity index (χ1) is 14.8. The molecule has 1 heterocycles. The van der Waals surface area contributed by atoms with Crippen molar-refractivity contribution in [2.45, 2.75) is 11.3 Å². The average Bonchev–Trinajstić information content (AvgIpc) is 3.25. The van der Waals surface area contributed by atoms with Crippen LogP contribution >= 0.6 is 11.3 Å². The van der Waals surface area contributed by atoms with E-state index in [1.807, 2.05) is 24.3 Å². The Hall–Kier alpha value is -2.91. The third kappa shape index (κ3) is 5.83. The first-order valence-electron chi connectivity index (χ1n) is 9.57. The summed E-state index contributed by atoms with van der Waals surface area (Å²) in [4.78, 5) is 19.0. The Morgan fingerprint density at radius 3 is 2.68 bits per heavy atom. The second kappa shape index (κ2) is 9.93. The molecule has 0 aliphatic rings. The SMILES string of the molecule is COc1ccccc1-c1nc(C(=O)N(C)CCCOc2cccc(S(C)(=O)=O)c2)cs1. The molecule has 164 valence electrons. The molecular formula is C22H24N2O5S2. The van der Waals surface area contributed by atoms with Gasteiger partial charge in [-0.25, -0.2) is 13.4 Å². The van der Waals surface area contributed by atoms with Crippen LogP contribution in [-0.2, 0) is 9.84 Å². The number of sulfone groups is 1. The maximum absolute atomic E-state index is 12.7. The Kier molecular flexibility index (Phi) is 7.29. The van der Waals surface area contributed by atoms with Crippen molar-refractivity contribution in [3.63, 3.8) is 0 Å². The lowest BCUT2D eigenvalue weighted by Crippen LogP contribution is -2.28. The van der Waals surface area contributed by atoms with E-state index < -0.39 is 9.84 Å². The van der Waals surface area contributed by atoms with Crippen molar-refractivity contribution in [2.24, 2.45) is 0 Å². The highest BCUT2D eigenvalue weighted by Gasteiger charge is 2.17. The van der Waals surface area contributed by atoms with E-state index in [1.165, 1.54) is 23.5 Å². The number of benzene rings is 2. The van der Waals surface area contributed by atoms with Crippen LogP contribution in [0, 0.1) is 0 Å². The number of rotatable bonds is 9. The van der Waals surface area contributed by atoms with E-state index in [0.717, 1.165) is 16.8 Å². The zero-order valence-electron chi connectivity index (χ0n) is 17.6. The summed E-state index contributed by atoms with van der Waals surface area (Å²) in [6, 6.07) is 13.9. The van der Waals surface area contributed by atoms with E-state index in [4.69, 9.17) is 9.47 Å². The highest BCUT2D eigenvalue weighted by atomic mass is 32.2. The molecule has 1 aromatic heterocycles. The van der Waals surface area contributed by atoms with Crippen molar-refractivity contribution in [3.8, 4) is 22.1 Å². The number of hydrogen-bond acceptors (Lipinski definition) is 7. The summed E-state index contributed by atoms with van der Waals surface area (Å²) in [6.07, 6.45) is 1.75. The summed E-state index contributed by atoms with van der Waals surface area (Å²) in [5.41, 5.74) is 1.23. The van der Waals surface area contributed by atoms with Gasteiger partial charge in [0.1, 0.15) is 22.2 Å². The van der Waals surface area contributed by atoms with Crippen molar-refractivity contribution in [3.05, 3.63) is 59.6 Å². The molecule has 3 aromatic rings. The van der Waals surface area contributed by atoms with E-state index in [0.29, 0.717) is 36.8 Å². The molecule has 1 amide bonds. The monoisotopic (exact) mass is 460 g/mol. The molecule has 0 unspecified atom stereocenters. The van der Waals surface area contributed by atoms with Crippen molar-refractivity contribution in [1.29, 1.82) is 0 Å². The maximum atomic E-state index is 12.7. The van der Waals surface area contributed by atoms with E-state index in [9.17, 15) is 13.2 Å². The molecule has 0 N–H and O–H groups in total. The highest BCUT2D eigenvalue weighted by molar-refractivity contribution is 7.90. The van der Waals surface area contributed by atoms with Gasteiger partial charge >= 0.3 is 0 Å². The first kappa shape index (κ1) is 22.8. The highest BCUT2D eigenvalue weighted by Crippen LogP contribution is 2.32. The molecule has 31 heavy (non-hydrogen) atoms. The molecule has 0 aliphatic carbocycles. The minimum absolute atomic E-state index is 0.170. The molecular weight excluding hydrogens is 436 g/mol. The predicted octanol–water partition coefficient (Wildman–Crippen LogP) is 3.76. The largest absolute Gasteiger partial charge is 0.496 e. The number of amides is 1. The van der Waals surface area contributed by atoms with Gasteiger partial charge < -0.3 is 14.4 Å². The fraction of sp³-hybridized carbons (Fsp3) is 0.273. The van der Waals surface area contributed by atoms with Crippen LogP contribution in [0.4, 0.5) is 0 Å². The van der Waals surface area contributed by atoms with Crippen molar-refractivity contribution in [1.82, 2.24) is 9.88 Å². The number of hydrogen-bond donors (Lipinski definition) is 0. The molecule has 0 bridgehead atoms. The lowest BCUT2D eigenvalue weighted by Gasteiger charge is -2.16. The van der Waals surface area contributed by atoms with E-state index in [2.05, 4.69) is 4.98 Å². The van der Waals surface area contributed by atoms with Crippen LogP contribution in [0.2, 0.25) is 0 Å². The predicted molar refractivity (Wildman–Crippen MR) is 121 cm³/mol. The van der Waals surface area contributed by atoms with E-state index in [1.54, 1.807) is 36.6 Å². The third-order valence-corrected chi connectivity index (χ3v) is 6.53. The lowest BCUT2D eigenvalue weighted by molar-refractivity contribution is 0.0783. The van der Waals surface area contributed by atoms with Gasteiger partial charge in [-0.2, -0.15) is 0 Å². The Bertz CT molecular complexity index is 1160. The molecule has 0 spiro atoms. The minimum atomic E-state index is -3.28. The van der Waals surface area contributed by atoms with Gasteiger partial charge in [0.15, 0.2) is 9.84 Å². The van der Waals surface area contributed by atoms with Crippen LogP contribution in [-0.4, -0.2) is 57.8 Å². The zero-order chi connectivity index (χ0) is 22.4. The first-order valence-corrected chi connectivity index (χ1v) is 12.3. The number of carbonyl (C=O) groups is 1. The Morgan fingerprint density at radius 1 is 1.16 bits per heavy atom. The number of thiazole rings is 1. The van der Waals surface area contributed by atoms with Crippen LogP contribution in [0.25, 0.3) is 10.6 Å². The molecule has 3 rings (SSSR count). The zero-order valence-corrected chi connectivity index (χ0v) is 19.2. The van der Waals surface area contributed by atoms with Gasteiger partial charge in [-0.1, -0.05) is 18.2 Å². The second-order valence-electron chi connectivity index (χ2n) is 6.91. The van der Waals surface area contributed by atoms with Crippen LogP contribution in [0.1, 0.15) is 16.9 Å². The number of aromatic nitrogens is 1. The summed E-state index contributed by atoms with van der Waals surface area (Å²) in [6.45, 7) is 0.834. The molecule has 0 aliphatic heterocycles. The maximum Gasteiger partial charge on any atom is 0.273 e. The summed E-state index contributed by atoms with van der Waals surface area (Å²) >= 11 is 1.39. The third-order valence-electron chi connectivity index (χ3n) is 4.55. The Balaban J connectivity index is 1.54. The number of carbonyl (C=O) groups excluding carboxylic acids is 1. The van der Waals surface area contributed by atoms with Gasteiger partial charge in [0.05, 0.1) is 24.2 Å². The van der Waals surface area contributed by atoms with Gasteiger partial charge in [0, 0.05) is 25.2 Å². The topological polar surface area (TPSA) is 85.8 Å². The standard InChI is InChI=1S/C22H24N2O5S2/c1-24(12-7-13-29-16-8-6-9-17(14-16)31(3,26)27)22(25)19-15-30-21(23-19)18-10-4-5-11-20(18)28-2/h4-6,8-11,14-15H,7,12-13H2,1-3H3. The number of para-hydroxylation sites is 1. The molecule has 7 nitrogen and oxygen atoms in total. The number of nitrogens with zero attached hydrogens (tertiary/aromatic N) is 2. The molecule has 0 saturated carbocycles. The lowest BCUT2D eigenvalue weighted by atomic mass is 10.2. The summed E-state index contributed by atoms with van der Waals surface area (Å²) in [7, 11) is 0.0393. The fourth-order valence-electron chi connectivity index (χ4n) is 2.90. The van der Waals surface area contributed by atoms with Crippen LogP contribution in [0.15, 0.2) is 58.8 Å². The minimum Gasteiger partial charge on any atom is -0.496 e. The van der Waals surface area contributed by atoms with Crippen molar-refractivity contribution in [2.75, 3.05) is 33.6 Å². The van der Waals surface area contributed by atoms with Crippen LogP contribution < -0.4 is 9.47 Å². The molecule has 9 heteroatoms. The Morgan fingerprint density at radius 2 is 1.94 bits per heavy atom. The normalized spacial score (nSPS) is 11.2. The van der Waals surface area contributed by atoms with Gasteiger partial charge in [0.2, 0.25) is 0 Å². The smallest absolute Gasteiger partial charge is 0.273 e. The Labute approximate surface area is 186 Å². The summed E-state index contributed by atoms with van der Waals surface area (Å²) in [5.74, 6) is 1.02. The van der Waals surface area contributed by atoms with Gasteiger partial charge in [-0.15, -0.1) is 11.3 Å². The van der Waals surface area contributed by atoms with Gasteiger partial charge in [-0.05, 0) is 36.8 Å². The summed E-state index contributed by atoms with van der Waals surface area (Å²) < 4.78 is 34.3. The molecule has 0 saturated heterocycles. The molecule has 0 fully saturated rings. The molecule has 2 aromatic carbocycles. The van der Waals surface area contributed by atoms with Crippen molar-refractivity contribution >= 4 is 27.1 Å². The fourth-order valence-corrected chi connectivity index (χ4v) is 4.38. The second-order valence-corrected chi connectivity index (χ2v) is 9.79. The van der Waals surface area contributed by atoms with E-state index in [-0.39, 0.29) is 10.8 Å². The molecule has 0 atom stereocenters.